The average molecular weight is 463 g/mol. The largest absolute Gasteiger partial charge is 0.481 e. The van der Waals surface area contributed by atoms with Crippen LogP contribution in [0.1, 0.15) is 43.9 Å². The molecule has 0 amide bonds. The molecule has 0 saturated carbocycles. The Labute approximate surface area is 200 Å². The maximum absolute atomic E-state index is 12.4. The summed E-state index contributed by atoms with van der Waals surface area (Å²) >= 11 is 1.54. The van der Waals surface area contributed by atoms with E-state index in [0.29, 0.717) is 0 Å². The zero-order valence-corrected chi connectivity index (χ0v) is 20.0. The summed E-state index contributed by atoms with van der Waals surface area (Å²) in [6.07, 6.45) is -0.173. The minimum Gasteiger partial charge on any atom is -0.481 e. The van der Waals surface area contributed by atoms with E-state index in [0.717, 1.165) is 16.7 Å². The predicted molar refractivity (Wildman–Crippen MR) is 133 cm³/mol. The second-order valence-electron chi connectivity index (χ2n) is 8.92. The minimum absolute atomic E-state index is 0.173. The first-order valence-electron chi connectivity index (χ1n) is 11.0. The second kappa shape index (κ2) is 10.7. The van der Waals surface area contributed by atoms with E-state index < -0.39 is 28.2 Å². The Bertz CT molecular complexity index is 947. The molecule has 5 heteroatoms. The Morgan fingerprint density at radius 2 is 1.18 bits per heavy atom. The third kappa shape index (κ3) is 6.26. The topological polar surface area (TPSA) is 63.6 Å². The Balaban J connectivity index is 2.03. The van der Waals surface area contributed by atoms with E-state index in [1.807, 2.05) is 54.6 Å². The quantitative estimate of drug-likeness (QED) is 0.305. The van der Waals surface area contributed by atoms with Gasteiger partial charge < -0.3 is 9.84 Å². The Kier molecular flexibility index (Phi) is 7.98. The molecule has 0 fully saturated rings. The first-order valence-corrected chi connectivity index (χ1v) is 12.0. The molecule has 0 spiro atoms. The standard InChI is InChI=1S/C28H30O4S/c1-27(2,3)32-25(29)19-21(26(30)31)20-33-28(22-13-7-4-8-14-22,23-15-9-5-10-16-23)24-17-11-6-12-18-24/h4-18,21H,19-20H2,1-3H3,(H,30,31)/t21-/m0/s1. The average Bonchev–Trinajstić information content (AvgIpc) is 2.79. The van der Waals surface area contributed by atoms with Gasteiger partial charge in [0.25, 0.3) is 0 Å². The molecule has 3 aromatic carbocycles. The zero-order chi connectivity index (χ0) is 23.9. The molecule has 0 bridgehead atoms. The summed E-state index contributed by atoms with van der Waals surface area (Å²) in [5, 5.41) is 9.91. The molecule has 172 valence electrons. The number of rotatable bonds is 9. The highest BCUT2D eigenvalue weighted by molar-refractivity contribution is 8.00. The third-order valence-corrected chi connectivity index (χ3v) is 6.93. The van der Waals surface area contributed by atoms with Crippen LogP contribution in [0.5, 0.6) is 0 Å². The van der Waals surface area contributed by atoms with Crippen LogP contribution in [0.3, 0.4) is 0 Å². The number of hydrogen-bond acceptors (Lipinski definition) is 4. The number of carboxylic acids is 1. The van der Waals surface area contributed by atoms with Crippen LogP contribution < -0.4 is 0 Å². The first kappa shape index (κ1) is 24.6. The van der Waals surface area contributed by atoms with Crippen molar-refractivity contribution in [3.8, 4) is 0 Å². The number of benzene rings is 3. The Hall–Kier alpha value is -3.05. The third-order valence-electron chi connectivity index (χ3n) is 5.22. The van der Waals surface area contributed by atoms with Crippen LogP contribution in [0.2, 0.25) is 0 Å². The van der Waals surface area contributed by atoms with Gasteiger partial charge in [0.05, 0.1) is 17.1 Å². The smallest absolute Gasteiger partial charge is 0.307 e. The number of hydrogen-bond donors (Lipinski definition) is 1. The molecule has 1 N–H and O–H groups in total. The summed E-state index contributed by atoms with van der Waals surface area (Å²) in [7, 11) is 0. The predicted octanol–water partition coefficient (Wildman–Crippen LogP) is 6.14. The number of carbonyl (C=O) groups is 2. The highest BCUT2D eigenvalue weighted by Gasteiger charge is 2.38. The van der Waals surface area contributed by atoms with Gasteiger partial charge in [0.15, 0.2) is 0 Å². The minimum atomic E-state index is -1.00. The van der Waals surface area contributed by atoms with Crippen LogP contribution in [0.4, 0.5) is 0 Å². The molecule has 4 nitrogen and oxygen atoms in total. The molecule has 0 saturated heterocycles. The van der Waals surface area contributed by atoms with E-state index in [1.165, 1.54) is 11.8 Å². The lowest BCUT2D eigenvalue weighted by molar-refractivity contribution is -0.159. The lowest BCUT2D eigenvalue weighted by Gasteiger charge is -2.36. The van der Waals surface area contributed by atoms with Gasteiger partial charge in [0.1, 0.15) is 5.60 Å². The van der Waals surface area contributed by atoms with E-state index >= 15 is 0 Å². The maximum atomic E-state index is 12.4. The van der Waals surface area contributed by atoms with Crippen LogP contribution >= 0.6 is 11.8 Å². The summed E-state index contributed by atoms with van der Waals surface area (Å²) in [5.41, 5.74) is 2.49. The molecule has 0 aliphatic rings. The Morgan fingerprint density at radius 3 is 1.52 bits per heavy atom. The van der Waals surface area contributed by atoms with E-state index in [9.17, 15) is 14.7 Å². The van der Waals surface area contributed by atoms with Gasteiger partial charge in [-0.2, -0.15) is 0 Å². The number of carbonyl (C=O) groups excluding carboxylic acids is 1. The van der Waals surface area contributed by atoms with Gasteiger partial charge >= 0.3 is 11.9 Å². The number of thioether (sulfide) groups is 1. The summed E-state index contributed by atoms with van der Waals surface area (Å²) in [6.45, 7) is 5.34. The van der Waals surface area contributed by atoms with Gasteiger partial charge in [-0.25, -0.2) is 0 Å². The summed E-state index contributed by atoms with van der Waals surface area (Å²) in [6, 6.07) is 30.3. The zero-order valence-electron chi connectivity index (χ0n) is 19.2. The van der Waals surface area contributed by atoms with Gasteiger partial charge in [-0.3, -0.25) is 9.59 Å². The molecule has 3 rings (SSSR count). The van der Waals surface area contributed by atoms with Crippen molar-refractivity contribution in [3.05, 3.63) is 108 Å². The van der Waals surface area contributed by atoms with Crippen molar-refractivity contribution in [2.75, 3.05) is 5.75 Å². The number of carboxylic acid groups (broad SMARTS) is 1. The fourth-order valence-electron chi connectivity index (χ4n) is 3.80. The number of ether oxygens (including phenoxy) is 1. The molecule has 0 aromatic heterocycles. The molecule has 1 atom stereocenters. The van der Waals surface area contributed by atoms with Crippen molar-refractivity contribution in [2.24, 2.45) is 5.92 Å². The molecule has 33 heavy (non-hydrogen) atoms. The van der Waals surface area contributed by atoms with E-state index in [4.69, 9.17) is 4.74 Å². The lowest BCUT2D eigenvalue weighted by Crippen LogP contribution is -2.31. The number of esters is 1. The summed E-state index contributed by atoms with van der Waals surface area (Å²) in [5.74, 6) is -2.13. The molecule has 0 aliphatic heterocycles. The fourth-order valence-corrected chi connectivity index (χ4v) is 5.42. The van der Waals surface area contributed by atoms with Gasteiger partial charge in [-0.05, 0) is 37.5 Å². The van der Waals surface area contributed by atoms with Crippen molar-refractivity contribution in [1.82, 2.24) is 0 Å². The van der Waals surface area contributed by atoms with Crippen LogP contribution in [-0.4, -0.2) is 28.4 Å². The van der Waals surface area contributed by atoms with E-state index in [-0.39, 0.29) is 12.2 Å². The van der Waals surface area contributed by atoms with Crippen molar-refractivity contribution in [1.29, 1.82) is 0 Å². The van der Waals surface area contributed by atoms with Crippen molar-refractivity contribution in [3.63, 3.8) is 0 Å². The SMILES string of the molecule is CC(C)(C)OC(=O)C[C@@H](CSC(c1ccccc1)(c1ccccc1)c1ccccc1)C(=O)O. The van der Waals surface area contributed by atoms with E-state index in [2.05, 4.69) is 36.4 Å². The highest BCUT2D eigenvalue weighted by Crippen LogP contribution is 2.49. The molecule has 3 aromatic rings. The molecular formula is C28H30O4S. The van der Waals surface area contributed by atoms with Crippen LogP contribution in [0.25, 0.3) is 0 Å². The molecular weight excluding hydrogens is 432 g/mol. The van der Waals surface area contributed by atoms with Crippen LogP contribution in [0.15, 0.2) is 91.0 Å². The van der Waals surface area contributed by atoms with Gasteiger partial charge in [-0.15, -0.1) is 11.8 Å². The van der Waals surface area contributed by atoms with Gasteiger partial charge in [0, 0.05) is 5.75 Å². The molecule has 0 radical (unpaired) electrons. The normalized spacial score (nSPS) is 12.7. The molecule has 0 heterocycles. The van der Waals surface area contributed by atoms with Crippen molar-refractivity contribution < 1.29 is 19.4 Å². The van der Waals surface area contributed by atoms with E-state index in [1.54, 1.807) is 20.8 Å². The van der Waals surface area contributed by atoms with Crippen LogP contribution in [-0.2, 0) is 19.1 Å². The first-order chi connectivity index (χ1) is 15.7. The van der Waals surface area contributed by atoms with Crippen molar-refractivity contribution >= 4 is 23.7 Å². The highest BCUT2D eigenvalue weighted by atomic mass is 32.2. The number of aliphatic carboxylic acids is 1. The van der Waals surface area contributed by atoms with Gasteiger partial charge in [-0.1, -0.05) is 91.0 Å². The summed E-state index contributed by atoms with van der Waals surface area (Å²) in [4.78, 5) is 24.5. The maximum Gasteiger partial charge on any atom is 0.307 e. The second-order valence-corrected chi connectivity index (χ2v) is 10.2. The lowest BCUT2D eigenvalue weighted by atomic mass is 9.84. The molecule has 0 aliphatic carbocycles. The summed E-state index contributed by atoms with van der Waals surface area (Å²) < 4.78 is 4.76. The fraction of sp³-hybridized carbons (Fsp3) is 0.286. The van der Waals surface area contributed by atoms with Crippen LogP contribution in [0, 0.1) is 5.92 Å². The Morgan fingerprint density at radius 1 is 0.788 bits per heavy atom. The van der Waals surface area contributed by atoms with Gasteiger partial charge in [0.2, 0.25) is 0 Å². The molecule has 0 unspecified atom stereocenters. The van der Waals surface area contributed by atoms with Crippen molar-refractivity contribution in [2.45, 2.75) is 37.5 Å². The monoisotopic (exact) mass is 462 g/mol.